The maximum Gasteiger partial charge on any atom is 0.261 e. The van der Waals surface area contributed by atoms with Gasteiger partial charge in [-0.05, 0) is 30.0 Å². The standard InChI is InChI=1S/C17H13N3O3S/c18-10-11-7-9-24-15(11)19-14(21)6-3-8-20-16(22)12-4-1-2-5-13(12)17(20)23/h1-2,4-5,7,9H,3,6,8H2,(H,19,21). The fourth-order valence-corrected chi connectivity index (χ4v) is 3.28. The third-order valence-corrected chi connectivity index (χ3v) is 4.53. The molecule has 1 aromatic heterocycles. The van der Waals surface area contributed by atoms with Crippen molar-refractivity contribution in [1.29, 1.82) is 5.26 Å². The van der Waals surface area contributed by atoms with Crippen molar-refractivity contribution in [2.24, 2.45) is 0 Å². The molecule has 6 nitrogen and oxygen atoms in total. The molecule has 0 unspecified atom stereocenters. The van der Waals surface area contributed by atoms with Crippen molar-refractivity contribution in [2.75, 3.05) is 11.9 Å². The molecule has 3 rings (SSSR count). The van der Waals surface area contributed by atoms with E-state index in [9.17, 15) is 14.4 Å². The number of nitrogens with one attached hydrogen (secondary N) is 1. The molecule has 1 aliphatic heterocycles. The van der Waals surface area contributed by atoms with E-state index in [2.05, 4.69) is 5.32 Å². The quantitative estimate of drug-likeness (QED) is 0.848. The van der Waals surface area contributed by atoms with Crippen LogP contribution in [0.3, 0.4) is 0 Å². The second-order valence-electron chi connectivity index (χ2n) is 5.23. The monoisotopic (exact) mass is 339 g/mol. The van der Waals surface area contributed by atoms with Crippen molar-refractivity contribution < 1.29 is 14.4 Å². The van der Waals surface area contributed by atoms with Gasteiger partial charge in [0.15, 0.2) is 0 Å². The van der Waals surface area contributed by atoms with Crippen LogP contribution < -0.4 is 5.32 Å². The lowest BCUT2D eigenvalue weighted by Crippen LogP contribution is -2.31. The first-order valence-corrected chi connectivity index (χ1v) is 8.22. The van der Waals surface area contributed by atoms with Gasteiger partial charge >= 0.3 is 0 Å². The number of nitrogens with zero attached hydrogens (tertiary/aromatic N) is 2. The lowest BCUT2D eigenvalue weighted by Gasteiger charge is -2.13. The fraction of sp³-hybridized carbons (Fsp3) is 0.176. The van der Waals surface area contributed by atoms with Gasteiger partial charge in [-0.1, -0.05) is 12.1 Å². The molecular formula is C17H13N3O3S. The first-order valence-electron chi connectivity index (χ1n) is 7.34. The summed E-state index contributed by atoms with van der Waals surface area (Å²) >= 11 is 1.28. The van der Waals surface area contributed by atoms with Gasteiger partial charge in [0.25, 0.3) is 11.8 Å². The normalized spacial score (nSPS) is 12.9. The number of anilines is 1. The van der Waals surface area contributed by atoms with Crippen LogP contribution in [-0.4, -0.2) is 29.2 Å². The van der Waals surface area contributed by atoms with Crippen molar-refractivity contribution >= 4 is 34.1 Å². The number of carbonyl (C=O) groups excluding carboxylic acids is 3. The Morgan fingerprint density at radius 2 is 1.83 bits per heavy atom. The van der Waals surface area contributed by atoms with Gasteiger partial charge in [-0.3, -0.25) is 19.3 Å². The number of hydrogen-bond donors (Lipinski definition) is 1. The summed E-state index contributed by atoms with van der Waals surface area (Å²) < 4.78 is 0. The summed E-state index contributed by atoms with van der Waals surface area (Å²) in [7, 11) is 0. The highest BCUT2D eigenvalue weighted by atomic mass is 32.1. The summed E-state index contributed by atoms with van der Waals surface area (Å²) in [5, 5.41) is 13.8. The molecule has 1 aliphatic rings. The van der Waals surface area contributed by atoms with E-state index in [4.69, 9.17) is 5.26 Å². The minimum absolute atomic E-state index is 0.163. The molecule has 24 heavy (non-hydrogen) atoms. The molecule has 1 N–H and O–H groups in total. The van der Waals surface area contributed by atoms with Gasteiger partial charge < -0.3 is 5.32 Å². The van der Waals surface area contributed by atoms with Crippen LogP contribution in [0, 0.1) is 11.3 Å². The van der Waals surface area contributed by atoms with Gasteiger partial charge in [-0.2, -0.15) is 5.26 Å². The van der Waals surface area contributed by atoms with Crippen molar-refractivity contribution in [3.8, 4) is 6.07 Å². The van der Waals surface area contributed by atoms with Gasteiger partial charge in [0, 0.05) is 13.0 Å². The molecule has 2 heterocycles. The number of amides is 3. The van der Waals surface area contributed by atoms with Crippen LogP contribution in [0.1, 0.15) is 39.1 Å². The topological polar surface area (TPSA) is 90.3 Å². The number of carbonyl (C=O) groups is 3. The SMILES string of the molecule is N#Cc1ccsc1NC(=O)CCCN1C(=O)c2ccccc2C1=O. The average molecular weight is 339 g/mol. The Kier molecular flexibility index (Phi) is 4.40. The Morgan fingerprint density at radius 1 is 1.17 bits per heavy atom. The Bertz CT molecular complexity index is 831. The van der Waals surface area contributed by atoms with E-state index in [0.717, 1.165) is 0 Å². The van der Waals surface area contributed by atoms with Crippen molar-refractivity contribution in [2.45, 2.75) is 12.8 Å². The molecular weight excluding hydrogens is 326 g/mol. The van der Waals surface area contributed by atoms with Gasteiger partial charge in [0.05, 0.1) is 16.7 Å². The molecule has 0 saturated carbocycles. The van der Waals surface area contributed by atoms with Crippen LogP contribution >= 0.6 is 11.3 Å². The zero-order chi connectivity index (χ0) is 17.1. The molecule has 0 saturated heterocycles. The molecule has 0 radical (unpaired) electrons. The molecule has 2 aromatic rings. The largest absolute Gasteiger partial charge is 0.317 e. The van der Waals surface area contributed by atoms with E-state index in [-0.39, 0.29) is 30.7 Å². The first-order chi connectivity index (χ1) is 11.6. The number of thiophene rings is 1. The number of hydrogen-bond acceptors (Lipinski definition) is 5. The van der Waals surface area contributed by atoms with Crippen LogP contribution in [0.4, 0.5) is 5.00 Å². The zero-order valence-electron chi connectivity index (χ0n) is 12.6. The molecule has 0 aliphatic carbocycles. The lowest BCUT2D eigenvalue weighted by atomic mass is 10.1. The Morgan fingerprint density at radius 3 is 2.46 bits per heavy atom. The van der Waals surface area contributed by atoms with Crippen LogP contribution in [0.2, 0.25) is 0 Å². The summed E-state index contributed by atoms with van der Waals surface area (Å²) in [6.07, 6.45) is 0.529. The second kappa shape index (κ2) is 6.64. The fourth-order valence-electron chi connectivity index (χ4n) is 2.52. The van der Waals surface area contributed by atoms with Crippen molar-refractivity contribution in [1.82, 2.24) is 4.90 Å². The van der Waals surface area contributed by atoms with Gasteiger partial charge in [-0.25, -0.2) is 0 Å². The van der Waals surface area contributed by atoms with Crippen LogP contribution in [0.25, 0.3) is 0 Å². The van der Waals surface area contributed by atoms with Gasteiger partial charge in [0.1, 0.15) is 11.1 Å². The van der Waals surface area contributed by atoms with E-state index >= 15 is 0 Å². The Labute approximate surface area is 142 Å². The maximum absolute atomic E-state index is 12.2. The third kappa shape index (κ3) is 2.92. The molecule has 0 atom stereocenters. The number of benzene rings is 1. The predicted octanol–water partition coefficient (Wildman–Crippen LogP) is 2.63. The number of imide groups is 1. The zero-order valence-corrected chi connectivity index (χ0v) is 13.4. The molecule has 0 fully saturated rings. The van der Waals surface area contributed by atoms with E-state index in [1.807, 2.05) is 6.07 Å². The average Bonchev–Trinajstić information content (AvgIpc) is 3.13. The highest BCUT2D eigenvalue weighted by Crippen LogP contribution is 2.24. The Hall–Kier alpha value is -2.98. The van der Waals surface area contributed by atoms with Crippen molar-refractivity contribution in [3.05, 3.63) is 52.4 Å². The van der Waals surface area contributed by atoms with E-state index in [1.165, 1.54) is 16.2 Å². The molecule has 0 bridgehead atoms. The van der Waals surface area contributed by atoms with E-state index in [1.54, 1.807) is 35.7 Å². The third-order valence-electron chi connectivity index (χ3n) is 3.70. The van der Waals surface area contributed by atoms with Gasteiger partial charge in [0.2, 0.25) is 5.91 Å². The number of fused-ring (bicyclic) bond motifs is 1. The molecule has 7 heteroatoms. The van der Waals surface area contributed by atoms with E-state index in [0.29, 0.717) is 28.1 Å². The first kappa shape index (κ1) is 15.9. The summed E-state index contributed by atoms with van der Waals surface area (Å²) in [5.74, 6) is -0.882. The number of nitriles is 1. The number of rotatable bonds is 5. The summed E-state index contributed by atoms with van der Waals surface area (Å²) in [6.45, 7) is 0.190. The maximum atomic E-state index is 12.2. The molecule has 0 spiro atoms. The summed E-state index contributed by atoms with van der Waals surface area (Å²) in [5.41, 5.74) is 1.24. The minimum Gasteiger partial charge on any atom is -0.317 e. The predicted molar refractivity (Wildman–Crippen MR) is 88.7 cm³/mol. The second-order valence-corrected chi connectivity index (χ2v) is 6.15. The van der Waals surface area contributed by atoms with Gasteiger partial charge in [-0.15, -0.1) is 11.3 Å². The minimum atomic E-state index is -0.318. The Balaban J connectivity index is 1.54. The highest BCUT2D eigenvalue weighted by molar-refractivity contribution is 7.14. The van der Waals surface area contributed by atoms with Crippen molar-refractivity contribution in [3.63, 3.8) is 0 Å². The summed E-state index contributed by atoms with van der Waals surface area (Å²) in [4.78, 5) is 37.5. The van der Waals surface area contributed by atoms with Crippen LogP contribution in [-0.2, 0) is 4.79 Å². The summed E-state index contributed by atoms with van der Waals surface area (Å²) in [6, 6.07) is 10.3. The smallest absolute Gasteiger partial charge is 0.261 e. The van der Waals surface area contributed by atoms with Crippen LogP contribution in [0.5, 0.6) is 0 Å². The lowest BCUT2D eigenvalue weighted by molar-refractivity contribution is -0.116. The highest BCUT2D eigenvalue weighted by Gasteiger charge is 2.34. The molecule has 1 aromatic carbocycles. The molecule has 120 valence electrons. The van der Waals surface area contributed by atoms with Crippen LogP contribution in [0.15, 0.2) is 35.7 Å². The molecule has 3 amide bonds. The van der Waals surface area contributed by atoms with E-state index < -0.39 is 0 Å².